The first-order valence-corrected chi connectivity index (χ1v) is 11.4. The highest BCUT2D eigenvalue weighted by atomic mass is 32.2. The van der Waals surface area contributed by atoms with E-state index in [-0.39, 0.29) is 24.2 Å². The van der Waals surface area contributed by atoms with E-state index < -0.39 is 6.04 Å². The van der Waals surface area contributed by atoms with Crippen LogP contribution in [0.4, 0.5) is 5.69 Å². The zero-order chi connectivity index (χ0) is 24.7. The van der Waals surface area contributed by atoms with E-state index in [4.69, 9.17) is 9.47 Å². The number of hydrogen-bond donors (Lipinski definition) is 3. The zero-order valence-electron chi connectivity index (χ0n) is 19.4. The number of amides is 2. The summed E-state index contributed by atoms with van der Waals surface area (Å²) in [6, 6.07) is 11.4. The summed E-state index contributed by atoms with van der Waals surface area (Å²) in [6.45, 7) is 1.56. The fraction of sp³-hybridized carbons (Fsp3) is 0.304. The minimum atomic E-state index is -0.771. The van der Waals surface area contributed by atoms with E-state index in [9.17, 15) is 14.7 Å². The average Bonchev–Trinajstić information content (AvgIpc) is 3.21. The third-order valence-corrected chi connectivity index (χ3v) is 6.00. The van der Waals surface area contributed by atoms with Crippen molar-refractivity contribution in [3.8, 4) is 11.5 Å². The molecule has 3 aromatic rings. The van der Waals surface area contributed by atoms with Crippen molar-refractivity contribution < 1.29 is 24.2 Å². The molecular formula is C23H27N5O5S. The maximum Gasteiger partial charge on any atom is 0.251 e. The predicted molar refractivity (Wildman–Crippen MR) is 128 cm³/mol. The molecule has 0 saturated heterocycles. The number of thioether (sulfide) groups is 1. The molecule has 0 bridgehead atoms. The van der Waals surface area contributed by atoms with E-state index in [2.05, 4.69) is 20.8 Å². The van der Waals surface area contributed by atoms with Gasteiger partial charge in [0.25, 0.3) is 5.91 Å². The monoisotopic (exact) mass is 485 g/mol. The van der Waals surface area contributed by atoms with Gasteiger partial charge in [0.2, 0.25) is 5.91 Å². The Balaban J connectivity index is 1.63. The van der Waals surface area contributed by atoms with Crippen LogP contribution in [0.5, 0.6) is 11.5 Å². The highest BCUT2D eigenvalue weighted by molar-refractivity contribution is 7.99. The molecule has 0 aliphatic heterocycles. The van der Waals surface area contributed by atoms with E-state index in [0.29, 0.717) is 33.7 Å². The van der Waals surface area contributed by atoms with Crippen molar-refractivity contribution in [1.82, 2.24) is 20.1 Å². The Bertz CT molecular complexity index is 1150. The van der Waals surface area contributed by atoms with Crippen molar-refractivity contribution in [2.75, 3.05) is 31.9 Å². The van der Waals surface area contributed by atoms with Gasteiger partial charge in [-0.2, -0.15) is 0 Å². The molecule has 0 aliphatic rings. The normalized spacial score (nSPS) is 11.6. The number of aromatic nitrogens is 3. The number of methoxy groups -OCH3 is 2. The lowest BCUT2D eigenvalue weighted by molar-refractivity contribution is -0.113. The first-order valence-electron chi connectivity index (χ1n) is 10.4. The molecule has 0 radical (unpaired) electrons. The van der Waals surface area contributed by atoms with Crippen LogP contribution in [0.15, 0.2) is 47.6 Å². The highest BCUT2D eigenvalue weighted by Crippen LogP contribution is 2.26. The van der Waals surface area contributed by atoms with Crippen LogP contribution in [-0.2, 0) is 11.8 Å². The largest absolute Gasteiger partial charge is 0.497 e. The molecule has 34 heavy (non-hydrogen) atoms. The van der Waals surface area contributed by atoms with Gasteiger partial charge in [0.15, 0.2) is 11.0 Å². The SMILES string of the molecule is COc1ccc(C(=O)N[C@H](CO)c2nnc(SCC(=O)Nc3cc(C)ccc3OC)n2C)cc1. The van der Waals surface area contributed by atoms with E-state index in [1.807, 2.05) is 19.1 Å². The summed E-state index contributed by atoms with van der Waals surface area (Å²) in [5.74, 6) is 1.06. The minimum absolute atomic E-state index is 0.0884. The molecular weight excluding hydrogens is 458 g/mol. The van der Waals surface area contributed by atoms with Crippen LogP contribution >= 0.6 is 11.8 Å². The van der Waals surface area contributed by atoms with E-state index in [1.54, 1.807) is 56.2 Å². The second kappa shape index (κ2) is 11.5. The average molecular weight is 486 g/mol. The van der Waals surface area contributed by atoms with Crippen molar-refractivity contribution >= 4 is 29.3 Å². The van der Waals surface area contributed by atoms with Gasteiger partial charge in [-0.05, 0) is 48.9 Å². The third kappa shape index (κ3) is 6.06. The number of rotatable bonds is 10. The lowest BCUT2D eigenvalue weighted by Gasteiger charge is -2.16. The smallest absolute Gasteiger partial charge is 0.251 e. The Morgan fingerprint density at radius 1 is 1.12 bits per heavy atom. The number of nitrogens with zero attached hydrogens (tertiary/aromatic N) is 3. The van der Waals surface area contributed by atoms with Gasteiger partial charge in [0.1, 0.15) is 17.5 Å². The molecule has 0 fully saturated rings. The summed E-state index contributed by atoms with van der Waals surface area (Å²) in [5, 5.41) is 24.1. The van der Waals surface area contributed by atoms with Crippen LogP contribution in [0.1, 0.15) is 27.8 Å². The number of carbonyl (C=O) groups is 2. The van der Waals surface area contributed by atoms with Crippen LogP contribution in [0, 0.1) is 6.92 Å². The van der Waals surface area contributed by atoms with Crippen LogP contribution in [0.25, 0.3) is 0 Å². The Morgan fingerprint density at radius 3 is 2.50 bits per heavy atom. The summed E-state index contributed by atoms with van der Waals surface area (Å²) in [6.07, 6.45) is 0. The molecule has 1 atom stereocenters. The van der Waals surface area contributed by atoms with Gasteiger partial charge in [0.05, 0.1) is 32.3 Å². The molecule has 180 valence electrons. The number of hydrogen-bond acceptors (Lipinski definition) is 8. The second-order valence-corrected chi connectivity index (χ2v) is 8.32. The fourth-order valence-corrected chi connectivity index (χ4v) is 3.89. The van der Waals surface area contributed by atoms with Crippen molar-refractivity contribution in [3.63, 3.8) is 0 Å². The molecule has 0 unspecified atom stereocenters. The Morgan fingerprint density at radius 2 is 1.85 bits per heavy atom. The number of carbonyl (C=O) groups excluding carboxylic acids is 2. The molecule has 0 saturated carbocycles. The summed E-state index contributed by atoms with van der Waals surface area (Å²) in [4.78, 5) is 25.1. The van der Waals surface area contributed by atoms with Gasteiger partial charge in [0, 0.05) is 12.6 Å². The first kappa shape index (κ1) is 25.1. The van der Waals surface area contributed by atoms with Gasteiger partial charge in [-0.3, -0.25) is 9.59 Å². The molecule has 10 nitrogen and oxygen atoms in total. The van der Waals surface area contributed by atoms with E-state index in [1.165, 1.54) is 11.8 Å². The van der Waals surface area contributed by atoms with E-state index in [0.717, 1.165) is 5.56 Å². The number of benzene rings is 2. The second-order valence-electron chi connectivity index (χ2n) is 7.38. The summed E-state index contributed by atoms with van der Waals surface area (Å²) in [5.41, 5.74) is 2.00. The van der Waals surface area contributed by atoms with Gasteiger partial charge < -0.3 is 29.8 Å². The predicted octanol–water partition coefficient (Wildman–Crippen LogP) is 2.33. The lowest BCUT2D eigenvalue weighted by Crippen LogP contribution is -2.32. The molecule has 3 N–H and O–H groups in total. The van der Waals surface area contributed by atoms with Crippen molar-refractivity contribution in [1.29, 1.82) is 0 Å². The maximum atomic E-state index is 12.6. The maximum absolute atomic E-state index is 12.6. The van der Waals surface area contributed by atoms with Crippen molar-refractivity contribution in [2.45, 2.75) is 18.1 Å². The zero-order valence-corrected chi connectivity index (χ0v) is 20.2. The molecule has 2 amide bonds. The number of nitrogens with one attached hydrogen (secondary N) is 2. The number of aliphatic hydroxyl groups is 1. The van der Waals surface area contributed by atoms with Crippen molar-refractivity contribution in [3.05, 3.63) is 59.4 Å². The van der Waals surface area contributed by atoms with Crippen LogP contribution in [0.2, 0.25) is 0 Å². The first-order chi connectivity index (χ1) is 16.4. The van der Waals surface area contributed by atoms with Crippen LogP contribution < -0.4 is 20.1 Å². The van der Waals surface area contributed by atoms with Gasteiger partial charge in [-0.25, -0.2) is 0 Å². The Kier molecular flexibility index (Phi) is 8.50. The van der Waals surface area contributed by atoms with Crippen molar-refractivity contribution in [2.24, 2.45) is 7.05 Å². The molecule has 3 rings (SSSR count). The molecule has 1 aromatic heterocycles. The molecule has 11 heteroatoms. The highest BCUT2D eigenvalue weighted by Gasteiger charge is 2.22. The number of ether oxygens (including phenoxy) is 2. The Hall–Kier alpha value is -3.57. The molecule has 2 aromatic carbocycles. The summed E-state index contributed by atoms with van der Waals surface area (Å²) < 4.78 is 12.0. The number of aryl methyl sites for hydroxylation is 1. The van der Waals surface area contributed by atoms with Gasteiger partial charge in [-0.15, -0.1) is 10.2 Å². The minimum Gasteiger partial charge on any atom is -0.497 e. The summed E-state index contributed by atoms with van der Waals surface area (Å²) in [7, 11) is 4.80. The Labute approximate surface area is 201 Å². The quantitative estimate of drug-likeness (QED) is 0.374. The molecule has 1 heterocycles. The summed E-state index contributed by atoms with van der Waals surface area (Å²) >= 11 is 1.19. The fourth-order valence-electron chi connectivity index (χ4n) is 3.17. The standard InChI is InChI=1S/C23H27N5O5S/c1-14-5-10-19(33-4)17(11-14)24-20(30)13-34-23-27-26-21(28(23)2)18(12-29)25-22(31)15-6-8-16(32-3)9-7-15/h5-11,18,29H,12-13H2,1-4H3,(H,24,30)(H,25,31)/t18-/m1/s1. The van der Waals surface area contributed by atoms with Crippen LogP contribution in [0.3, 0.4) is 0 Å². The number of aliphatic hydroxyl groups excluding tert-OH is 1. The molecule has 0 spiro atoms. The van der Waals surface area contributed by atoms with Crippen LogP contribution in [-0.4, -0.2) is 58.3 Å². The third-order valence-electron chi connectivity index (χ3n) is 4.98. The van der Waals surface area contributed by atoms with Gasteiger partial charge >= 0.3 is 0 Å². The number of anilines is 1. The van der Waals surface area contributed by atoms with E-state index >= 15 is 0 Å². The van der Waals surface area contributed by atoms with Gasteiger partial charge in [-0.1, -0.05) is 17.8 Å². The molecule has 0 aliphatic carbocycles. The topological polar surface area (TPSA) is 128 Å². The lowest BCUT2D eigenvalue weighted by atomic mass is 10.2.